The van der Waals surface area contributed by atoms with Gasteiger partial charge < -0.3 is 9.47 Å². The highest BCUT2D eigenvalue weighted by atomic mass is 79.9. The van der Waals surface area contributed by atoms with Gasteiger partial charge in [-0.05, 0) is 30.3 Å². The van der Waals surface area contributed by atoms with E-state index in [2.05, 4.69) is 15.9 Å². The summed E-state index contributed by atoms with van der Waals surface area (Å²) < 4.78 is 11.2. The number of aldehydes is 1. The number of nitro groups is 1. The van der Waals surface area contributed by atoms with Crippen LogP contribution in [0.15, 0.2) is 40.9 Å². The molecule has 0 saturated heterocycles. The molecule has 108 valence electrons. The first-order chi connectivity index (χ1) is 10.0. The van der Waals surface area contributed by atoms with Crippen LogP contribution in [0.1, 0.15) is 10.4 Å². The van der Waals surface area contributed by atoms with Crippen molar-refractivity contribution in [3.05, 3.63) is 56.5 Å². The van der Waals surface area contributed by atoms with E-state index in [1.165, 1.54) is 19.2 Å². The van der Waals surface area contributed by atoms with Crippen molar-refractivity contribution in [3.8, 4) is 17.2 Å². The molecule has 0 aliphatic heterocycles. The monoisotopic (exact) mass is 351 g/mol. The van der Waals surface area contributed by atoms with Gasteiger partial charge in [-0.3, -0.25) is 14.9 Å². The number of methoxy groups -OCH3 is 1. The summed E-state index contributed by atoms with van der Waals surface area (Å²) in [6, 6.07) is 9.03. The van der Waals surface area contributed by atoms with Crippen LogP contribution in [0.2, 0.25) is 0 Å². The minimum atomic E-state index is -0.573. The third kappa shape index (κ3) is 3.38. The van der Waals surface area contributed by atoms with Crippen molar-refractivity contribution in [3.63, 3.8) is 0 Å². The molecule has 0 heterocycles. The predicted octanol–water partition coefficient (Wildman–Crippen LogP) is 3.97. The first-order valence-corrected chi connectivity index (χ1v) is 6.59. The van der Waals surface area contributed by atoms with Crippen molar-refractivity contribution in [1.82, 2.24) is 0 Å². The molecular formula is C14H10BrNO5. The average Bonchev–Trinajstić information content (AvgIpc) is 2.47. The summed E-state index contributed by atoms with van der Waals surface area (Å²) in [5, 5.41) is 11.1. The summed E-state index contributed by atoms with van der Waals surface area (Å²) in [7, 11) is 1.42. The molecule has 2 aromatic rings. The van der Waals surface area contributed by atoms with E-state index in [4.69, 9.17) is 9.47 Å². The van der Waals surface area contributed by atoms with Gasteiger partial charge in [-0.15, -0.1) is 0 Å². The van der Waals surface area contributed by atoms with Gasteiger partial charge in [0.2, 0.25) is 5.75 Å². The Kier molecular flexibility index (Phi) is 4.54. The van der Waals surface area contributed by atoms with Crippen molar-refractivity contribution in [2.45, 2.75) is 0 Å². The first kappa shape index (κ1) is 15.0. The third-order valence-corrected chi connectivity index (χ3v) is 3.18. The second-order valence-electron chi connectivity index (χ2n) is 3.99. The molecular weight excluding hydrogens is 342 g/mol. The van der Waals surface area contributed by atoms with Crippen molar-refractivity contribution in [2.75, 3.05) is 7.11 Å². The molecule has 0 aromatic heterocycles. The maximum Gasteiger partial charge on any atom is 0.315 e. The van der Waals surface area contributed by atoms with Crippen LogP contribution in [0, 0.1) is 10.1 Å². The van der Waals surface area contributed by atoms with Crippen molar-refractivity contribution in [1.29, 1.82) is 0 Å². The van der Waals surface area contributed by atoms with Crippen LogP contribution in [-0.2, 0) is 0 Å². The Labute approximate surface area is 128 Å². The highest BCUT2D eigenvalue weighted by molar-refractivity contribution is 9.10. The maximum atomic E-state index is 11.1. The lowest BCUT2D eigenvalue weighted by molar-refractivity contribution is -0.385. The fraction of sp³-hybridized carbons (Fsp3) is 0.0714. The number of ether oxygens (including phenoxy) is 2. The number of nitro benzene ring substituents is 1. The minimum absolute atomic E-state index is 0.0296. The molecule has 0 amide bonds. The van der Waals surface area contributed by atoms with Gasteiger partial charge in [0.15, 0.2) is 6.29 Å². The number of hydrogen-bond donors (Lipinski definition) is 0. The van der Waals surface area contributed by atoms with E-state index in [0.717, 1.165) is 0 Å². The second kappa shape index (κ2) is 6.36. The van der Waals surface area contributed by atoms with Gasteiger partial charge in [-0.1, -0.05) is 15.9 Å². The second-order valence-corrected chi connectivity index (χ2v) is 4.91. The highest BCUT2D eigenvalue weighted by Gasteiger charge is 2.18. The van der Waals surface area contributed by atoms with Gasteiger partial charge in [-0.2, -0.15) is 0 Å². The lowest BCUT2D eigenvalue weighted by Crippen LogP contribution is -1.96. The lowest BCUT2D eigenvalue weighted by atomic mass is 10.2. The molecule has 0 spiro atoms. The number of halogens is 1. The zero-order valence-electron chi connectivity index (χ0n) is 10.9. The molecule has 0 aliphatic carbocycles. The summed E-state index contributed by atoms with van der Waals surface area (Å²) in [6.07, 6.45) is 0.622. The molecule has 0 radical (unpaired) electrons. The molecule has 0 saturated carbocycles. The summed E-state index contributed by atoms with van der Waals surface area (Å²) >= 11 is 3.26. The Hall–Kier alpha value is -2.41. The van der Waals surface area contributed by atoms with Gasteiger partial charge in [0.05, 0.1) is 23.7 Å². The standard InChI is InChI=1S/C14H10BrNO5/c1-20-11-4-5-13(12(7-11)16(18)19)21-14-6-10(15)3-2-9(14)8-17/h2-8H,1H3. The normalized spacial score (nSPS) is 10.0. The fourth-order valence-electron chi connectivity index (χ4n) is 1.67. The number of rotatable bonds is 5. The zero-order valence-corrected chi connectivity index (χ0v) is 12.5. The molecule has 0 fully saturated rings. The maximum absolute atomic E-state index is 11.1. The number of nitrogens with zero attached hydrogens (tertiary/aromatic N) is 1. The van der Waals surface area contributed by atoms with Crippen LogP contribution >= 0.6 is 15.9 Å². The van der Waals surface area contributed by atoms with Crippen LogP contribution < -0.4 is 9.47 Å². The highest BCUT2D eigenvalue weighted by Crippen LogP contribution is 2.36. The fourth-order valence-corrected chi connectivity index (χ4v) is 2.01. The number of carbonyl (C=O) groups excluding carboxylic acids is 1. The third-order valence-electron chi connectivity index (χ3n) is 2.69. The molecule has 0 bridgehead atoms. The Balaban J connectivity index is 2.46. The summed E-state index contributed by atoms with van der Waals surface area (Å²) in [4.78, 5) is 21.5. The van der Waals surface area contributed by atoms with E-state index in [1.807, 2.05) is 0 Å². The van der Waals surface area contributed by atoms with Crippen LogP contribution in [-0.4, -0.2) is 18.3 Å². The molecule has 2 aromatic carbocycles. The number of benzene rings is 2. The Bertz CT molecular complexity index is 702. The van der Waals surface area contributed by atoms with Gasteiger partial charge in [-0.25, -0.2) is 0 Å². The molecule has 6 nitrogen and oxygen atoms in total. The predicted molar refractivity (Wildman–Crippen MR) is 79.3 cm³/mol. The van der Waals surface area contributed by atoms with Crippen LogP contribution in [0.5, 0.6) is 17.2 Å². The van der Waals surface area contributed by atoms with Gasteiger partial charge >= 0.3 is 5.69 Å². The van der Waals surface area contributed by atoms with E-state index in [9.17, 15) is 14.9 Å². The number of carbonyl (C=O) groups is 1. The molecule has 0 aliphatic rings. The summed E-state index contributed by atoms with van der Waals surface area (Å²) in [5.74, 6) is 0.605. The van der Waals surface area contributed by atoms with E-state index < -0.39 is 4.92 Å². The smallest absolute Gasteiger partial charge is 0.315 e. The Morgan fingerprint density at radius 3 is 2.57 bits per heavy atom. The van der Waals surface area contributed by atoms with Gasteiger partial charge in [0.1, 0.15) is 11.5 Å². The van der Waals surface area contributed by atoms with Gasteiger partial charge in [0.25, 0.3) is 0 Å². The van der Waals surface area contributed by atoms with Crippen molar-refractivity contribution < 1.29 is 19.2 Å². The van der Waals surface area contributed by atoms with Gasteiger partial charge in [0, 0.05) is 4.47 Å². The Morgan fingerprint density at radius 2 is 1.95 bits per heavy atom. The van der Waals surface area contributed by atoms with E-state index in [-0.39, 0.29) is 17.2 Å². The average molecular weight is 352 g/mol. The Morgan fingerprint density at radius 1 is 1.19 bits per heavy atom. The van der Waals surface area contributed by atoms with Crippen molar-refractivity contribution >= 4 is 27.9 Å². The van der Waals surface area contributed by atoms with E-state index in [0.29, 0.717) is 22.1 Å². The molecule has 7 heteroatoms. The van der Waals surface area contributed by atoms with Crippen LogP contribution in [0.25, 0.3) is 0 Å². The molecule has 0 atom stereocenters. The van der Waals surface area contributed by atoms with E-state index >= 15 is 0 Å². The minimum Gasteiger partial charge on any atom is -0.496 e. The lowest BCUT2D eigenvalue weighted by Gasteiger charge is -2.09. The van der Waals surface area contributed by atoms with E-state index in [1.54, 1.807) is 24.3 Å². The largest absolute Gasteiger partial charge is 0.496 e. The van der Waals surface area contributed by atoms with Crippen LogP contribution in [0.3, 0.4) is 0 Å². The topological polar surface area (TPSA) is 78.7 Å². The first-order valence-electron chi connectivity index (χ1n) is 5.80. The molecule has 0 unspecified atom stereocenters. The molecule has 21 heavy (non-hydrogen) atoms. The summed E-state index contributed by atoms with van der Waals surface area (Å²) in [6.45, 7) is 0. The molecule has 2 rings (SSSR count). The summed E-state index contributed by atoms with van der Waals surface area (Å²) in [5.41, 5.74) is 0.0505. The molecule has 0 N–H and O–H groups in total. The zero-order chi connectivity index (χ0) is 15.4. The quantitative estimate of drug-likeness (QED) is 0.462. The van der Waals surface area contributed by atoms with Crippen LogP contribution in [0.4, 0.5) is 5.69 Å². The van der Waals surface area contributed by atoms with Crippen molar-refractivity contribution in [2.24, 2.45) is 0 Å². The number of hydrogen-bond acceptors (Lipinski definition) is 5. The SMILES string of the molecule is COc1ccc(Oc2cc(Br)ccc2C=O)c([N+](=O)[O-])c1.